The third-order valence-electron chi connectivity index (χ3n) is 9.96. The van der Waals surface area contributed by atoms with Crippen molar-refractivity contribution in [1.29, 1.82) is 0 Å². The van der Waals surface area contributed by atoms with Gasteiger partial charge in [0, 0.05) is 11.9 Å². The minimum Gasteiger partial charge on any atom is -0.480 e. The van der Waals surface area contributed by atoms with E-state index >= 15 is 0 Å². The summed E-state index contributed by atoms with van der Waals surface area (Å²) in [6.07, 6.45) is -1.53. The molecule has 0 aromatic rings. The monoisotopic (exact) mass is 453 g/mol. The van der Waals surface area contributed by atoms with Crippen LogP contribution in [0.5, 0.6) is 0 Å². The topological polar surface area (TPSA) is 107 Å². The van der Waals surface area contributed by atoms with Crippen molar-refractivity contribution >= 4 is 11.9 Å². The molecule has 32 heavy (non-hydrogen) atoms. The smallest absolute Gasteiger partial charge is 0.322 e. The number of fused-ring (bicyclic) bond motifs is 5. The number of aliphatic carboxylic acids is 1. The Labute approximate surface area is 198 Å². The molecule has 0 heterocycles. The number of aliphatic hydroxyl groups excluding tert-OH is 2. The molecule has 182 valence electrons. The zero-order valence-corrected chi connectivity index (χ0v) is 19.6. The molecular formula is C26H43NO5. The minimum atomic E-state index is -2.10. The third-order valence-corrected chi connectivity index (χ3v) is 9.96. The van der Waals surface area contributed by atoms with Gasteiger partial charge in [-0.2, -0.15) is 0 Å². The number of carbonyl (C=O) groups excluding carboxylic acids is 1. The summed E-state index contributed by atoms with van der Waals surface area (Å²) in [5.41, 5.74) is -0.655. The molecule has 4 aliphatic rings. The maximum atomic E-state index is 12.1. The van der Waals surface area contributed by atoms with E-state index in [2.05, 4.69) is 19.2 Å². The Morgan fingerprint density at radius 2 is 1.84 bits per heavy atom. The molecule has 0 bridgehead atoms. The predicted octanol–water partition coefficient (Wildman–Crippen LogP) is 3.59. The summed E-state index contributed by atoms with van der Waals surface area (Å²) in [5, 5.41) is 33.2. The lowest BCUT2D eigenvalue weighted by Crippen LogP contribution is -2.58. The van der Waals surface area contributed by atoms with E-state index in [0.29, 0.717) is 12.3 Å². The molecule has 0 spiro atoms. The summed E-state index contributed by atoms with van der Waals surface area (Å²) < 4.78 is 34.2. The van der Waals surface area contributed by atoms with Gasteiger partial charge in [-0.1, -0.05) is 20.8 Å². The number of hydrogen-bond acceptors (Lipinski definition) is 4. The quantitative estimate of drug-likeness (QED) is 0.492. The van der Waals surface area contributed by atoms with Crippen LogP contribution in [-0.2, 0) is 9.59 Å². The van der Waals surface area contributed by atoms with Gasteiger partial charge >= 0.3 is 5.97 Å². The first-order valence-corrected chi connectivity index (χ1v) is 12.4. The zero-order valence-electron chi connectivity index (χ0n) is 23.6. The Balaban J connectivity index is 1.52. The van der Waals surface area contributed by atoms with Crippen molar-refractivity contribution < 1.29 is 30.4 Å². The van der Waals surface area contributed by atoms with Gasteiger partial charge in [0.2, 0.25) is 5.91 Å². The van der Waals surface area contributed by atoms with Crippen LogP contribution in [-0.4, -0.2) is 45.9 Å². The molecule has 4 rings (SSSR count). The highest BCUT2D eigenvalue weighted by Crippen LogP contribution is 2.68. The molecule has 1 amide bonds. The highest BCUT2D eigenvalue weighted by molar-refractivity contribution is 5.81. The summed E-state index contributed by atoms with van der Waals surface area (Å²) in [6.45, 7) is 6.09. The van der Waals surface area contributed by atoms with E-state index in [1.54, 1.807) is 0 Å². The van der Waals surface area contributed by atoms with Crippen molar-refractivity contribution in [2.45, 2.75) is 97.1 Å². The maximum Gasteiger partial charge on any atom is 0.322 e. The van der Waals surface area contributed by atoms with Gasteiger partial charge in [0.15, 0.2) is 0 Å². The number of aliphatic hydroxyl groups is 2. The van der Waals surface area contributed by atoms with E-state index in [9.17, 15) is 19.8 Å². The van der Waals surface area contributed by atoms with Crippen LogP contribution in [0.2, 0.25) is 0 Å². The fourth-order valence-corrected chi connectivity index (χ4v) is 8.30. The molecule has 0 aromatic carbocycles. The summed E-state index contributed by atoms with van der Waals surface area (Å²) in [5.74, 6) is -1.04. The van der Waals surface area contributed by atoms with Crippen molar-refractivity contribution in [3.63, 3.8) is 0 Å². The lowest BCUT2D eigenvalue weighted by molar-refractivity contribution is -0.174. The average Bonchev–Trinajstić information content (AvgIpc) is 3.13. The van der Waals surface area contributed by atoms with Crippen molar-refractivity contribution in [2.75, 3.05) is 6.54 Å². The lowest BCUT2D eigenvalue weighted by atomic mass is 9.43. The highest BCUT2D eigenvalue weighted by Gasteiger charge is 2.62. The third kappa shape index (κ3) is 4.11. The van der Waals surface area contributed by atoms with E-state index in [0.717, 1.165) is 25.7 Å². The molecule has 6 nitrogen and oxygen atoms in total. The van der Waals surface area contributed by atoms with Gasteiger partial charge < -0.3 is 20.6 Å². The van der Waals surface area contributed by atoms with Crippen LogP contribution < -0.4 is 5.32 Å². The number of hydrogen-bond donors (Lipinski definition) is 4. The molecular weight excluding hydrogens is 406 g/mol. The second kappa shape index (κ2) is 8.90. The van der Waals surface area contributed by atoms with Crippen LogP contribution in [0.3, 0.4) is 0 Å². The second-order valence-corrected chi connectivity index (χ2v) is 11.5. The Kier molecular flexibility index (Phi) is 5.34. The minimum absolute atomic E-state index is 0.00201. The van der Waals surface area contributed by atoms with Gasteiger partial charge in [-0.3, -0.25) is 9.59 Å². The van der Waals surface area contributed by atoms with E-state index in [1.807, 2.05) is 6.92 Å². The standard InChI is InChI=1S/C26H43NO5/c1-15(4-7-22(30)27-14-23(31)32)18-5-6-19-24-20(9-11-26(18,19)3)25(2)10-8-17(28)12-16(25)13-21(24)29/h15-21,24,28-29H,4-14H2,1-3H3,(H,27,30)(H,31,32)/t15?,16?,17-,18?,19?,20?,21-,24?,25+,26-/m1/s1/i8D2,12D2. The Bertz CT molecular complexity index is 886. The van der Waals surface area contributed by atoms with Gasteiger partial charge in [0.25, 0.3) is 0 Å². The SMILES string of the molecule is [2H]C1([2H])C[C@]2(C)C3CC[C@]4(C)C(C(C)CCC(=O)NCC(=O)O)CCC4C3[C@H](O)CC2C([2H])([2H])[C@@H]1O. The molecule has 6 heteroatoms. The van der Waals surface area contributed by atoms with Gasteiger partial charge in [0.05, 0.1) is 12.2 Å². The second-order valence-electron chi connectivity index (χ2n) is 11.5. The van der Waals surface area contributed by atoms with Crippen molar-refractivity contribution in [3.05, 3.63) is 0 Å². The van der Waals surface area contributed by atoms with E-state index in [-0.39, 0.29) is 60.8 Å². The average molecular weight is 454 g/mol. The molecule has 0 aromatic heterocycles. The molecule has 0 radical (unpaired) electrons. The number of rotatable bonds is 6. The van der Waals surface area contributed by atoms with Crippen molar-refractivity contribution in [3.8, 4) is 0 Å². The molecule has 6 unspecified atom stereocenters. The maximum absolute atomic E-state index is 12.1. The zero-order chi connectivity index (χ0) is 26.8. The van der Waals surface area contributed by atoms with Gasteiger partial charge in [-0.25, -0.2) is 0 Å². The summed E-state index contributed by atoms with van der Waals surface area (Å²) in [7, 11) is 0. The Morgan fingerprint density at radius 3 is 2.56 bits per heavy atom. The van der Waals surface area contributed by atoms with Gasteiger partial charge in [-0.05, 0) is 104 Å². The fourth-order valence-electron chi connectivity index (χ4n) is 8.30. The fraction of sp³-hybridized carbons (Fsp3) is 0.923. The number of carbonyl (C=O) groups is 2. The highest BCUT2D eigenvalue weighted by atomic mass is 16.4. The molecule has 10 atom stereocenters. The molecule has 4 fully saturated rings. The summed E-state index contributed by atoms with van der Waals surface area (Å²) in [6, 6.07) is 0. The van der Waals surface area contributed by atoms with E-state index in [4.69, 9.17) is 10.6 Å². The van der Waals surface area contributed by atoms with Crippen molar-refractivity contribution in [1.82, 2.24) is 5.32 Å². The molecule has 4 N–H and O–H groups in total. The van der Waals surface area contributed by atoms with Gasteiger partial charge in [0.1, 0.15) is 6.54 Å². The molecule has 0 saturated heterocycles. The number of carboxylic acids is 1. The molecule has 0 aliphatic heterocycles. The van der Waals surface area contributed by atoms with Crippen molar-refractivity contribution in [2.24, 2.45) is 46.3 Å². The Morgan fingerprint density at radius 1 is 1.12 bits per heavy atom. The summed E-state index contributed by atoms with van der Waals surface area (Å²) in [4.78, 5) is 22.8. The first kappa shape index (κ1) is 19.2. The number of nitrogens with one attached hydrogen (secondary N) is 1. The van der Waals surface area contributed by atoms with Crippen LogP contribution in [0.25, 0.3) is 0 Å². The van der Waals surface area contributed by atoms with Crippen LogP contribution in [0.4, 0.5) is 0 Å². The van der Waals surface area contributed by atoms with Gasteiger partial charge in [-0.15, -0.1) is 0 Å². The first-order chi connectivity index (χ1) is 16.6. The van der Waals surface area contributed by atoms with E-state index in [1.165, 1.54) is 0 Å². The predicted molar refractivity (Wildman–Crippen MR) is 122 cm³/mol. The molecule has 4 aliphatic carbocycles. The number of amides is 1. The molecule has 4 saturated carbocycles. The van der Waals surface area contributed by atoms with Crippen LogP contribution in [0, 0.1) is 46.3 Å². The van der Waals surface area contributed by atoms with E-state index < -0.39 is 42.3 Å². The number of carboxylic acid groups (broad SMARTS) is 1. The van der Waals surface area contributed by atoms with Crippen LogP contribution in [0.1, 0.15) is 90.4 Å². The Hall–Kier alpha value is -1.14. The normalized spacial score (nSPS) is 51.5. The lowest BCUT2D eigenvalue weighted by Gasteiger charge is -2.62. The first-order valence-electron chi connectivity index (χ1n) is 14.4. The largest absolute Gasteiger partial charge is 0.480 e. The van der Waals surface area contributed by atoms with Crippen LogP contribution in [0.15, 0.2) is 0 Å². The summed E-state index contributed by atoms with van der Waals surface area (Å²) >= 11 is 0. The van der Waals surface area contributed by atoms with Crippen LogP contribution >= 0.6 is 0 Å².